The molecule has 0 aliphatic heterocycles. The van der Waals surface area contributed by atoms with Gasteiger partial charge in [0.2, 0.25) is 0 Å². The lowest BCUT2D eigenvalue weighted by atomic mass is 10.2. The molecule has 0 unspecified atom stereocenters. The number of amides is 1. The number of nitriles is 1. The van der Waals surface area contributed by atoms with Crippen LogP contribution in [0.3, 0.4) is 0 Å². The van der Waals surface area contributed by atoms with E-state index >= 15 is 0 Å². The molecule has 1 amide bonds. The summed E-state index contributed by atoms with van der Waals surface area (Å²) in [4.78, 5) is 11.2. The highest BCUT2D eigenvalue weighted by molar-refractivity contribution is 8.02. The van der Waals surface area contributed by atoms with Crippen LogP contribution in [0.4, 0.5) is 5.69 Å². The molecule has 106 valence electrons. The van der Waals surface area contributed by atoms with E-state index in [1.807, 2.05) is 0 Å². The monoisotopic (exact) mass is 293 g/mol. The number of hydrogen-bond donors (Lipinski definition) is 2. The molecular weight excluding hydrogens is 278 g/mol. The highest BCUT2D eigenvalue weighted by Crippen LogP contribution is 2.32. The van der Waals surface area contributed by atoms with Crippen LogP contribution in [0.25, 0.3) is 0 Å². The summed E-state index contributed by atoms with van der Waals surface area (Å²) >= 11 is 1.21. The quantitative estimate of drug-likeness (QED) is 0.612. The SMILES string of the molecule is COc1ccc(OC)c(NC(SC)=C(C#N)C(N)=O)c1. The van der Waals surface area contributed by atoms with Gasteiger partial charge in [-0.2, -0.15) is 5.26 Å². The lowest BCUT2D eigenvalue weighted by Crippen LogP contribution is -2.16. The molecule has 0 aromatic heterocycles. The lowest BCUT2D eigenvalue weighted by molar-refractivity contribution is -0.114. The minimum atomic E-state index is -0.786. The van der Waals surface area contributed by atoms with Gasteiger partial charge in [0.15, 0.2) is 0 Å². The van der Waals surface area contributed by atoms with Crippen molar-refractivity contribution in [1.82, 2.24) is 0 Å². The van der Waals surface area contributed by atoms with Gasteiger partial charge >= 0.3 is 0 Å². The molecule has 1 rings (SSSR count). The molecule has 3 N–H and O–H groups in total. The third kappa shape index (κ3) is 3.59. The van der Waals surface area contributed by atoms with Crippen LogP contribution in [0, 0.1) is 11.3 Å². The van der Waals surface area contributed by atoms with Crippen molar-refractivity contribution in [3.05, 3.63) is 28.8 Å². The Bertz CT molecular complexity index is 579. The summed E-state index contributed by atoms with van der Waals surface area (Å²) in [5, 5.41) is 12.3. The van der Waals surface area contributed by atoms with Crippen LogP contribution in [0.15, 0.2) is 28.8 Å². The Morgan fingerprint density at radius 1 is 1.40 bits per heavy atom. The van der Waals surface area contributed by atoms with Gasteiger partial charge in [0.05, 0.1) is 24.9 Å². The third-order valence-corrected chi connectivity index (χ3v) is 3.16. The maximum atomic E-state index is 11.2. The Kier molecular flexibility index (Phi) is 5.74. The van der Waals surface area contributed by atoms with E-state index in [-0.39, 0.29) is 5.57 Å². The molecule has 0 bridgehead atoms. The van der Waals surface area contributed by atoms with Gasteiger partial charge in [-0.3, -0.25) is 4.79 Å². The number of anilines is 1. The standard InChI is InChI=1S/C13H15N3O3S/c1-18-8-4-5-11(19-2)10(6-8)16-13(20-3)9(7-14)12(15)17/h4-6,16H,1-3H3,(H2,15,17). The molecule has 0 heterocycles. The number of rotatable bonds is 6. The Balaban J connectivity index is 3.25. The van der Waals surface area contributed by atoms with Gasteiger partial charge in [-0.1, -0.05) is 0 Å². The molecule has 7 heteroatoms. The van der Waals surface area contributed by atoms with Crippen LogP contribution in [-0.4, -0.2) is 26.4 Å². The van der Waals surface area contributed by atoms with Gasteiger partial charge in [0, 0.05) is 6.07 Å². The smallest absolute Gasteiger partial charge is 0.262 e. The number of ether oxygens (including phenoxy) is 2. The van der Waals surface area contributed by atoms with E-state index in [0.29, 0.717) is 22.2 Å². The zero-order valence-electron chi connectivity index (χ0n) is 11.4. The Labute approximate surface area is 121 Å². The van der Waals surface area contributed by atoms with Crippen LogP contribution in [0.1, 0.15) is 0 Å². The van der Waals surface area contributed by atoms with Crippen molar-refractivity contribution in [2.24, 2.45) is 5.73 Å². The average Bonchev–Trinajstić information content (AvgIpc) is 2.46. The summed E-state index contributed by atoms with van der Waals surface area (Å²) in [6.45, 7) is 0. The number of hydrogen-bond acceptors (Lipinski definition) is 6. The first-order chi connectivity index (χ1) is 9.57. The van der Waals surface area contributed by atoms with Gasteiger partial charge in [-0.25, -0.2) is 0 Å². The largest absolute Gasteiger partial charge is 0.497 e. The van der Waals surface area contributed by atoms with Crippen LogP contribution in [0.2, 0.25) is 0 Å². The molecule has 6 nitrogen and oxygen atoms in total. The van der Waals surface area contributed by atoms with Crippen molar-refractivity contribution in [3.63, 3.8) is 0 Å². The molecule has 0 aliphatic carbocycles. The highest BCUT2D eigenvalue weighted by atomic mass is 32.2. The van der Waals surface area contributed by atoms with Crippen LogP contribution < -0.4 is 20.5 Å². The van der Waals surface area contributed by atoms with Crippen LogP contribution in [0.5, 0.6) is 11.5 Å². The topological polar surface area (TPSA) is 97.4 Å². The van der Waals surface area contributed by atoms with Gasteiger partial charge < -0.3 is 20.5 Å². The van der Waals surface area contributed by atoms with Crippen molar-refractivity contribution in [2.75, 3.05) is 25.8 Å². The second kappa shape index (κ2) is 7.31. The van der Waals surface area contributed by atoms with Crippen molar-refractivity contribution in [1.29, 1.82) is 5.26 Å². The second-order valence-corrected chi connectivity index (χ2v) is 4.39. The molecule has 1 aromatic rings. The van der Waals surface area contributed by atoms with Crippen LogP contribution >= 0.6 is 11.8 Å². The molecule has 1 aromatic carbocycles. The summed E-state index contributed by atoms with van der Waals surface area (Å²) in [6, 6.07) is 6.95. The van der Waals surface area contributed by atoms with Crippen molar-refractivity contribution < 1.29 is 14.3 Å². The molecule has 0 radical (unpaired) electrons. The van der Waals surface area contributed by atoms with Gasteiger partial charge in [-0.05, 0) is 18.4 Å². The summed E-state index contributed by atoms with van der Waals surface area (Å²) < 4.78 is 10.3. The average molecular weight is 293 g/mol. The van der Waals surface area contributed by atoms with E-state index in [4.69, 9.17) is 20.5 Å². The number of benzene rings is 1. The minimum absolute atomic E-state index is 0.137. The van der Waals surface area contributed by atoms with Crippen LogP contribution in [-0.2, 0) is 4.79 Å². The summed E-state index contributed by atoms with van der Waals surface area (Å²) in [5.41, 5.74) is 5.61. The zero-order chi connectivity index (χ0) is 15.1. The maximum Gasteiger partial charge on any atom is 0.262 e. The molecule has 0 aliphatic rings. The maximum absolute atomic E-state index is 11.2. The molecule has 0 fully saturated rings. The van der Waals surface area contributed by atoms with E-state index in [1.165, 1.54) is 18.9 Å². The molecule has 0 atom stereocenters. The fraction of sp³-hybridized carbons (Fsp3) is 0.231. The Morgan fingerprint density at radius 3 is 2.55 bits per heavy atom. The van der Waals surface area contributed by atoms with Crippen molar-refractivity contribution in [3.8, 4) is 17.6 Å². The predicted molar refractivity (Wildman–Crippen MR) is 78.5 cm³/mol. The molecule has 0 spiro atoms. The number of thioether (sulfide) groups is 1. The van der Waals surface area contributed by atoms with Crippen molar-refractivity contribution >= 4 is 23.4 Å². The first kappa shape index (κ1) is 15.7. The van der Waals surface area contributed by atoms with Gasteiger partial charge in [-0.15, -0.1) is 11.8 Å². The Hall–Kier alpha value is -2.33. The van der Waals surface area contributed by atoms with E-state index in [1.54, 1.807) is 37.6 Å². The number of nitrogens with zero attached hydrogens (tertiary/aromatic N) is 1. The minimum Gasteiger partial charge on any atom is -0.497 e. The molecule has 0 saturated heterocycles. The van der Waals surface area contributed by atoms with Crippen molar-refractivity contribution in [2.45, 2.75) is 0 Å². The summed E-state index contributed by atoms with van der Waals surface area (Å²) in [7, 11) is 3.07. The molecule has 20 heavy (non-hydrogen) atoms. The third-order valence-electron chi connectivity index (χ3n) is 2.44. The Morgan fingerprint density at radius 2 is 2.10 bits per heavy atom. The number of nitrogens with two attached hydrogens (primary N) is 1. The van der Waals surface area contributed by atoms with Gasteiger partial charge in [0.1, 0.15) is 23.1 Å². The zero-order valence-corrected chi connectivity index (χ0v) is 12.2. The summed E-state index contributed by atoms with van der Waals surface area (Å²) in [6.07, 6.45) is 1.73. The number of nitrogens with one attached hydrogen (secondary N) is 1. The lowest BCUT2D eigenvalue weighted by Gasteiger charge is -2.14. The summed E-state index contributed by atoms with van der Waals surface area (Å²) in [5.74, 6) is 0.386. The highest BCUT2D eigenvalue weighted by Gasteiger charge is 2.14. The normalized spacial score (nSPS) is 11.1. The fourth-order valence-electron chi connectivity index (χ4n) is 1.47. The first-order valence-corrected chi connectivity index (χ1v) is 6.77. The number of primary amides is 1. The predicted octanol–water partition coefficient (Wildman–Crippen LogP) is 1.70. The molecular formula is C13H15N3O3S. The van der Waals surface area contributed by atoms with E-state index < -0.39 is 5.91 Å². The van der Waals surface area contributed by atoms with Gasteiger partial charge in [0.25, 0.3) is 5.91 Å². The van der Waals surface area contributed by atoms with E-state index in [0.717, 1.165) is 0 Å². The van der Waals surface area contributed by atoms with E-state index in [2.05, 4.69) is 5.32 Å². The first-order valence-electron chi connectivity index (χ1n) is 5.54. The van der Waals surface area contributed by atoms with E-state index in [9.17, 15) is 4.79 Å². The molecule has 0 saturated carbocycles. The number of carbonyl (C=O) groups is 1. The number of carbonyl (C=O) groups excluding carboxylic acids is 1. The number of methoxy groups -OCH3 is 2. The fourth-order valence-corrected chi connectivity index (χ4v) is 2.03. The second-order valence-electron chi connectivity index (χ2n) is 3.58.